The number of benzene rings is 1. The number of aromatic nitrogens is 1. The molecule has 37 heavy (non-hydrogen) atoms. The molecule has 4 unspecified atom stereocenters. The maximum Gasteiger partial charge on any atom is 0.246 e. The van der Waals surface area contributed by atoms with Crippen LogP contribution in [0, 0.1) is 12.3 Å². The zero-order chi connectivity index (χ0) is 27.3. The summed E-state index contributed by atoms with van der Waals surface area (Å²) in [4.78, 5) is 46.1. The van der Waals surface area contributed by atoms with Crippen LogP contribution in [0.15, 0.2) is 29.8 Å². The average molecular weight is 530 g/mol. The Morgan fingerprint density at radius 3 is 2.46 bits per heavy atom. The molecule has 3 rings (SSSR count). The Morgan fingerprint density at radius 1 is 1.22 bits per heavy atom. The van der Waals surface area contributed by atoms with E-state index < -0.39 is 23.6 Å². The molecule has 5 N–H and O–H groups in total. The van der Waals surface area contributed by atoms with Gasteiger partial charge in [-0.1, -0.05) is 45.0 Å². The van der Waals surface area contributed by atoms with Crippen molar-refractivity contribution in [1.82, 2.24) is 20.5 Å². The molecule has 1 fully saturated rings. The second-order valence-electron chi connectivity index (χ2n) is 10.8. The molecule has 0 aliphatic carbocycles. The summed E-state index contributed by atoms with van der Waals surface area (Å²) in [6, 6.07) is 6.00. The molecular formula is C27H39N5O4S. The summed E-state index contributed by atoms with van der Waals surface area (Å²) in [6.07, 6.45) is 0.0752. The standard InChI is InChI=1S/C27H39N5O4S/c1-16(18-8-10-19(11-9-18)23-17(2)29-15-37-23)30-25(35)21-13-20(33)14-32(21)26(36)24(27(3,4)5)31-22(34)7-6-12-28/h8-11,15-16,20-21,24,33H,6-7,12-14,28H2,1-5H3,(H,30,35)(H,31,34). The molecule has 202 valence electrons. The van der Waals surface area contributed by atoms with Crippen molar-refractivity contribution in [2.45, 2.75) is 78.1 Å². The van der Waals surface area contributed by atoms with Gasteiger partial charge >= 0.3 is 0 Å². The van der Waals surface area contributed by atoms with Crippen molar-refractivity contribution in [3.63, 3.8) is 0 Å². The Labute approximate surface area is 222 Å². The summed E-state index contributed by atoms with van der Waals surface area (Å²) >= 11 is 1.58. The average Bonchev–Trinajstić information content (AvgIpc) is 3.45. The van der Waals surface area contributed by atoms with Crippen molar-refractivity contribution in [3.8, 4) is 10.4 Å². The lowest BCUT2D eigenvalue weighted by atomic mass is 9.85. The number of β-amino-alcohol motifs (C(OH)–C–C–N with tert-alkyl or cyclic N) is 1. The zero-order valence-electron chi connectivity index (χ0n) is 22.3. The summed E-state index contributed by atoms with van der Waals surface area (Å²) in [5.74, 6) is -0.964. The second kappa shape index (κ2) is 12.1. The molecule has 0 spiro atoms. The largest absolute Gasteiger partial charge is 0.391 e. The van der Waals surface area contributed by atoms with E-state index in [1.165, 1.54) is 4.90 Å². The van der Waals surface area contributed by atoms with E-state index in [4.69, 9.17) is 5.73 Å². The first-order valence-electron chi connectivity index (χ1n) is 12.7. The van der Waals surface area contributed by atoms with Gasteiger partial charge in [0.15, 0.2) is 0 Å². The van der Waals surface area contributed by atoms with Crippen LogP contribution < -0.4 is 16.4 Å². The Balaban J connectivity index is 1.71. The molecule has 9 nitrogen and oxygen atoms in total. The van der Waals surface area contributed by atoms with Crippen LogP contribution in [0.2, 0.25) is 0 Å². The number of thiazole rings is 1. The summed E-state index contributed by atoms with van der Waals surface area (Å²) in [6.45, 7) is 9.87. The van der Waals surface area contributed by atoms with Gasteiger partial charge in [0.05, 0.1) is 28.2 Å². The van der Waals surface area contributed by atoms with Crippen molar-refractivity contribution >= 4 is 29.1 Å². The maximum absolute atomic E-state index is 13.6. The topological polar surface area (TPSA) is 138 Å². The molecule has 2 aromatic rings. The predicted molar refractivity (Wildman–Crippen MR) is 145 cm³/mol. The monoisotopic (exact) mass is 529 g/mol. The molecule has 1 aromatic heterocycles. The SMILES string of the molecule is Cc1ncsc1-c1ccc(C(C)NC(=O)C2CC(O)CN2C(=O)C(NC(=O)CCCN)C(C)(C)C)cc1. The predicted octanol–water partition coefficient (Wildman–Crippen LogP) is 2.53. The van der Waals surface area contributed by atoms with E-state index in [0.717, 1.165) is 21.7 Å². The van der Waals surface area contributed by atoms with Crippen molar-refractivity contribution < 1.29 is 19.5 Å². The number of nitrogens with one attached hydrogen (secondary N) is 2. The minimum absolute atomic E-state index is 0.0411. The number of carbonyl (C=O) groups excluding carboxylic acids is 3. The Morgan fingerprint density at radius 2 is 1.89 bits per heavy atom. The van der Waals surface area contributed by atoms with Crippen molar-refractivity contribution in [3.05, 3.63) is 41.0 Å². The first kappa shape index (κ1) is 28.7. The van der Waals surface area contributed by atoms with Crippen LogP contribution in [0.4, 0.5) is 0 Å². The fourth-order valence-electron chi connectivity index (χ4n) is 4.51. The number of amides is 3. The summed E-state index contributed by atoms with van der Waals surface area (Å²) in [5, 5.41) is 16.2. The quantitative estimate of drug-likeness (QED) is 0.394. The van der Waals surface area contributed by atoms with Crippen LogP contribution in [0.3, 0.4) is 0 Å². The third-order valence-electron chi connectivity index (χ3n) is 6.67. The Hall–Kier alpha value is -2.82. The zero-order valence-corrected chi connectivity index (χ0v) is 23.1. The van der Waals surface area contributed by atoms with Gasteiger partial charge in [-0.3, -0.25) is 14.4 Å². The summed E-state index contributed by atoms with van der Waals surface area (Å²) < 4.78 is 0. The molecule has 0 bridgehead atoms. The van der Waals surface area contributed by atoms with E-state index in [1.54, 1.807) is 11.3 Å². The molecule has 2 heterocycles. The van der Waals surface area contributed by atoms with Gasteiger partial charge in [-0.2, -0.15) is 0 Å². The van der Waals surface area contributed by atoms with Gasteiger partial charge in [-0.05, 0) is 43.4 Å². The van der Waals surface area contributed by atoms with E-state index in [1.807, 2.05) is 64.4 Å². The lowest BCUT2D eigenvalue weighted by molar-refractivity contribution is -0.144. The van der Waals surface area contributed by atoms with E-state index in [2.05, 4.69) is 15.6 Å². The number of likely N-dealkylation sites (tertiary alicyclic amines) is 1. The lowest BCUT2D eigenvalue weighted by Gasteiger charge is -2.35. The number of nitrogens with zero attached hydrogens (tertiary/aromatic N) is 2. The fraction of sp³-hybridized carbons (Fsp3) is 0.556. The normalized spacial score (nSPS) is 19.4. The van der Waals surface area contributed by atoms with Gasteiger partial charge in [0, 0.05) is 19.4 Å². The first-order valence-corrected chi connectivity index (χ1v) is 13.6. The van der Waals surface area contributed by atoms with E-state index >= 15 is 0 Å². The van der Waals surface area contributed by atoms with E-state index in [9.17, 15) is 19.5 Å². The van der Waals surface area contributed by atoms with Gasteiger partial charge in [0.25, 0.3) is 0 Å². The lowest BCUT2D eigenvalue weighted by Crippen LogP contribution is -2.57. The van der Waals surface area contributed by atoms with Gasteiger partial charge in [0.2, 0.25) is 17.7 Å². The van der Waals surface area contributed by atoms with Crippen LogP contribution in [0.5, 0.6) is 0 Å². The van der Waals surface area contributed by atoms with Gasteiger partial charge in [-0.25, -0.2) is 4.98 Å². The van der Waals surface area contributed by atoms with Crippen molar-refractivity contribution in [2.24, 2.45) is 11.1 Å². The molecule has 0 saturated carbocycles. The molecule has 1 aliphatic heterocycles. The van der Waals surface area contributed by atoms with Crippen molar-refractivity contribution in [1.29, 1.82) is 0 Å². The number of nitrogens with two attached hydrogens (primary N) is 1. The number of aryl methyl sites for hydroxylation is 1. The number of rotatable bonds is 9. The molecule has 10 heteroatoms. The van der Waals surface area contributed by atoms with Crippen LogP contribution in [-0.4, -0.2) is 64.0 Å². The van der Waals surface area contributed by atoms with Crippen LogP contribution in [0.1, 0.15) is 64.3 Å². The minimum atomic E-state index is -0.835. The molecule has 0 radical (unpaired) electrons. The van der Waals surface area contributed by atoms with Gasteiger partial charge in [0.1, 0.15) is 12.1 Å². The fourth-order valence-corrected chi connectivity index (χ4v) is 5.32. The number of aliphatic hydroxyl groups excluding tert-OH is 1. The van der Waals surface area contributed by atoms with Crippen LogP contribution in [0.25, 0.3) is 10.4 Å². The van der Waals surface area contributed by atoms with Gasteiger partial charge in [-0.15, -0.1) is 11.3 Å². The van der Waals surface area contributed by atoms with Gasteiger partial charge < -0.3 is 26.4 Å². The Kier molecular flexibility index (Phi) is 9.44. The highest BCUT2D eigenvalue weighted by Crippen LogP contribution is 2.29. The van der Waals surface area contributed by atoms with Crippen LogP contribution in [-0.2, 0) is 14.4 Å². The van der Waals surface area contributed by atoms with Crippen molar-refractivity contribution in [2.75, 3.05) is 13.1 Å². The third kappa shape index (κ3) is 7.15. The highest BCUT2D eigenvalue weighted by atomic mass is 32.1. The smallest absolute Gasteiger partial charge is 0.246 e. The number of hydrogen-bond acceptors (Lipinski definition) is 7. The van der Waals surface area contributed by atoms with Crippen LogP contribution >= 0.6 is 11.3 Å². The molecular weight excluding hydrogens is 490 g/mol. The molecule has 3 amide bonds. The van der Waals surface area contributed by atoms with E-state index in [0.29, 0.717) is 13.0 Å². The highest BCUT2D eigenvalue weighted by Gasteiger charge is 2.44. The molecule has 1 aliphatic rings. The molecule has 4 atom stereocenters. The van der Waals surface area contributed by atoms with E-state index in [-0.39, 0.29) is 43.1 Å². The number of aliphatic hydroxyl groups is 1. The third-order valence-corrected chi connectivity index (χ3v) is 7.65. The Bertz CT molecular complexity index is 1090. The number of hydrogen-bond donors (Lipinski definition) is 4. The second-order valence-corrected chi connectivity index (χ2v) is 11.6. The minimum Gasteiger partial charge on any atom is -0.391 e. The summed E-state index contributed by atoms with van der Waals surface area (Å²) in [5.41, 5.74) is 9.71. The molecule has 1 aromatic carbocycles. The first-order chi connectivity index (χ1) is 17.4. The molecule has 1 saturated heterocycles. The maximum atomic E-state index is 13.6. The number of carbonyl (C=O) groups is 3. The highest BCUT2D eigenvalue weighted by molar-refractivity contribution is 7.13. The summed E-state index contributed by atoms with van der Waals surface area (Å²) in [7, 11) is 0.